The van der Waals surface area contributed by atoms with Crippen molar-refractivity contribution in [2.45, 2.75) is 6.54 Å². The van der Waals surface area contributed by atoms with Gasteiger partial charge in [-0.1, -0.05) is 30.3 Å². The zero-order chi connectivity index (χ0) is 26.6. The number of hydrogen-bond donors (Lipinski definition) is 1. The van der Waals surface area contributed by atoms with Gasteiger partial charge in [0.2, 0.25) is 0 Å². The predicted octanol–water partition coefficient (Wildman–Crippen LogP) is 4.40. The lowest BCUT2D eigenvalue weighted by atomic mass is 10.1. The van der Waals surface area contributed by atoms with Crippen LogP contribution in [0.15, 0.2) is 84.6 Å². The molecule has 9 heteroatoms. The van der Waals surface area contributed by atoms with E-state index in [1.165, 1.54) is 13.2 Å². The molecule has 4 aromatic rings. The van der Waals surface area contributed by atoms with Gasteiger partial charge in [0.15, 0.2) is 11.5 Å². The maximum atomic E-state index is 13.3. The van der Waals surface area contributed by atoms with Gasteiger partial charge in [0, 0.05) is 22.7 Å². The Morgan fingerprint density at radius 1 is 0.842 bits per heavy atom. The predicted molar refractivity (Wildman–Crippen MR) is 142 cm³/mol. The lowest BCUT2D eigenvalue weighted by Crippen LogP contribution is -2.54. The zero-order valence-corrected chi connectivity index (χ0v) is 20.8. The molecule has 5 rings (SSSR count). The summed E-state index contributed by atoms with van der Waals surface area (Å²) < 4.78 is 18.4. The van der Waals surface area contributed by atoms with E-state index >= 15 is 0 Å². The van der Waals surface area contributed by atoms with Crippen LogP contribution >= 0.6 is 0 Å². The largest absolute Gasteiger partial charge is 0.497 e. The van der Waals surface area contributed by atoms with Crippen LogP contribution in [0.1, 0.15) is 5.56 Å². The zero-order valence-electron chi connectivity index (χ0n) is 20.8. The fourth-order valence-electron chi connectivity index (χ4n) is 4.35. The van der Waals surface area contributed by atoms with E-state index in [2.05, 4.69) is 5.32 Å². The Morgan fingerprint density at radius 3 is 2.29 bits per heavy atom. The Bertz CT molecular complexity index is 1550. The fourth-order valence-corrected chi connectivity index (χ4v) is 4.35. The van der Waals surface area contributed by atoms with Crippen LogP contribution in [0.5, 0.6) is 17.2 Å². The second kappa shape index (κ2) is 10.5. The monoisotopic (exact) mass is 511 g/mol. The van der Waals surface area contributed by atoms with E-state index in [4.69, 9.17) is 14.2 Å². The number of methoxy groups -OCH3 is 2. The molecule has 2 heterocycles. The van der Waals surface area contributed by atoms with Crippen molar-refractivity contribution >= 4 is 40.5 Å². The molecule has 0 aliphatic carbocycles. The Kier molecular flexibility index (Phi) is 6.82. The first-order valence-corrected chi connectivity index (χ1v) is 11.9. The Labute approximate surface area is 218 Å². The third-order valence-electron chi connectivity index (χ3n) is 6.21. The van der Waals surface area contributed by atoms with Crippen molar-refractivity contribution in [3.8, 4) is 17.2 Å². The summed E-state index contributed by atoms with van der Waals surface area (Å²) in [7, 11) is 3.11. The molecule has 1 fully saturated rings. The van der Waals surface area contributed by atoms with Crippen molar-refractivity contribution in [1.82, 2.24) is 9.88 Å². The van der Waals surface area contributed by atoms with Crippen LogP contribution in [0.2, 0.25) is 0 Å². The minimum absolute atomic E-state index is 0.145. The highest BCUT2D eigenvalue weighted by Gasteiger charge is 2.37. The number of para-hydroxylation sites is 3. The SMILES string of the molecule is COc1ccc(N2C(=O)NC(=O)/C(=C/c3cn(CCOc4ccccc4OC)c4ccccc34)C2=O)cc1. The van der Waals surface area contributed by atoms with E-state index < -0.39 is 17.8 Å². The summed E-state index contributed by atoms with van der Waals surface area (Å²) in [6.45, 7) is 0.882. The number of aromatic nitrogens is 1. The van der Waals surface area contributed by atoms with Crippen molar-refractivity contribution in [3.63, 3.8) is 0 Å². The molecule has 0 radical (unpaired) electrons. The number of benzene rings is 3. The van der Waals surface area contributed by atoms with Crippen LogP contribution in [0.25, 0.3) is 17.0 Å². The number of hydrogen-bond acceptors (Lipinski definition) is 6. The van der Waals surface area contributed by atoms with E-state index in [0.29, 0.717) is 41.7 Å². The molecule has 4 amide bonds. The number of amides is 4. The lowest BCUT2D eigenvalue weighted by Gasteiger charge is -2.26. The number of rotatable bonds is 8. The average molecular weight is 512 g/mol. The van der Waals surface area contributed by atoms with Crippen LogP contribution in [0.4, 0.5) is 10.5 Å². The van der Waals surface area contributed by atoms with Crippen LogP contribution < -0.4 is 24.4 Å². The summed E-state index contributed by atoms with van der Waals surface area (Å²) in [6.07, 6.45) is 3.37. The third kappa shape index (κ3) is 4.69. The van der Waals surface area contributed by atoms with Gasteiger partial charge in [0.1, 0.15) is 17.9 Å². The van der Waals surface area contributed by atoms with Crippen LogP contribution in [-0.2, 0) is 16.1 Å². The van der Waals surface area contributed by atoms with Crippen molar-refractivity contribution in [2.24, 2.45) is 0 Å². The molecule has 0 unspecified atom stereocenters. The topological polar surface area (TPSA) is 99.1 Å². The maximum absolute atomic E-state index is 13.3. The van der Waals surface area contributed by atoms with Crippen LogP contribution in [0.3, 0.4) is 0 Å². The van der Waals surface area contributed by atoms with Gasteiger partial charge in [-0.15, -0.1) is 0 Å². The minimum Gasteiger partial charge on any atom is -0.497 e. The van der Waals surface area contributed by atoms with Crippen LogP contribution in [0, 0.1) is 0 Å². The molecular formula is C29H25N3O6. The number of nitrogens with zero attached hydrogens (tertiary/aromatic N) is 2. The summed E-state index contributed by atoms with van der Waals surface area (Å²) in [5, 5.41) is 3.12. The molecule has 1 aliphatic heterocycles. The molecule has 0 atom stereocenters. The summed E-state index contributed by atoms with van der Waals surface area (Å²) in [5.41, 5.74) is 1.76. The quantitative estimate of drug-likeness (QED) is 0.278. The smallest absolute Gasteiger partial charge is 0.335 e. The van der Waals surface area contributed by atoms with Crippen LogP contribution in [-0.4, -0.2) is 43.2 Å². The van der Waals surface area contributed by atoms with Crippen molar-refractivity contribution < 1.29 is 28.6 Å². The number of carbonyl (C=O) groups excluding carboxylic acids is 3. The van der Waals surface area contributed by atoms with Crippen molar-refractivity contribution in [3.05, 3.63) is 90.1 Å². The normalized spacial score (nSPS) is 14.6. The van der Waals surface area contributed by atoms with Gasteiger partial charge >= 0.3 is 6.03 Å². The first-order chi connectivity index (χ1) is 18.5. The highest BCUT2D eigenvalue weighted by atomic mass is 16.5. The molecular weight excluding hydrogens is 486 g/mol. The highest BCUT2D eigenvalue weighted by molar-refractivity contribution is 6.39. The Hall–Kier alpha value is -5.05. The second-order valence-electron chi connectivity index (χ2n) is 8.45. The van der Waals surface area contributed by atoms with Gasteiger partial charge in [0.25, 0.3) is 11.8 Å². The van der Waals surface area contributed by atoms with Gasteiger partial charge in [-0.2, -0.15) is 0 Å². The lowest BCUT2D eigenvalue weighted by molar-refractivity contribution is -0.122. The van der Waals surface area contributed by atoms with Gasteiger partial charge < -0.3 is 18.8 Å². The summed E-state index contributed by atoms with van der Waals surface area (Å²) in [4.78, 5) is 39.6. The number of nitrogens with one attached hydrogen (secondary N) is 1. The highest BCUT2D eigenvalue weighted by Crippen LogP contribution is 2.29. The van der Waals surface area contributed by atoms with Gasteiger partial charge in [0.05, 0.1) is 26.5 Å². The molecule has 1 aliphatic rings. The molecule has 0 bridgehead atoms. The standard InChI is InChI=1S/C29H25N3O6/c1-36-21-13-11-20(12-14-21)32-28(34)23(27(33)30-29(32)35)17-19-18-31(24-8-4-3-7-22(19)24)15-16-38-26-10-6-5-9-25(26)37-2/h3-14,17-18H,15-16H2,1-2H3,(H,30,33,35)/b23-17-. The van der Waals surface area contributed by atoms with E-state index in [1.807, 2.05) is 59.3 Å². The number of barbiturate groups is 1. The molecule has 1 saturated heterocycles. The Balaban J connectivity index is 1.44. The average Bonchev–Trinajstić information content (AvgIpc) is 3.29. The molecule has 1 N–H and O–H groups in total. The second-order valence-corrected chi connectivity index (χ2v) is 8.45. The fraction of sp³-hybridized carbons (Fsp3) is 0.138. The molecule has 1 aromatic heterocycles. The summed E-state index contributed by atoms with van der Waals surface area (Å²) in [5.74, 6) is 0.406. The Morgan fingerprint density at radius 2 is 1.55 bits per heavy atom. The number of imide groups is 2. The molecule has 3 aromatic carbocycles. The van der Waals surface area contributed by atoms with Crippen molar-refractivity contribution in [1.29, 1.82) is 0 Å². The third-order valence-corrected chi connectivity index (χ3v) is 6.21. The summed E-state index contributed by atoms with van der Waals surface area (Å²) in [6, 6.07) is 20.7. The molecule has 0 spiro atoms. The molecule has 9 nitrogen and oxygen atoms in total. The first-order valence-electron chi connectivity index (χ1n) is 11.9. The number of carbonyl (C=O) groups is 3. The van der Waals surface area contributed by atoms with Gasteiger partial charge in [-0.3, -0.25) is 14.9 Å². The molecule has 0 saturated carbocycles. The molecule has 192 valence electrons. The van der Waals surface area contributed by atoms with E-state index in [-0.39, 0.29) is 5.57 Å². The van der Waals surface area contributed by atoms with Gasteiger partial charge in [-0.05, 0) is 48.5 Å². The maximum Gasteiger partial charge on any atom is 0.335 e. The number of anilines is 1. The molecule has 38 heavy (non-hydrogen) atoms. The van der Waals surface area contributed by atoms with Crippen molar-refractivity contribution in [2.75, 3.05) is 25.7 Å². The number of ether oxygens (including phenoxy) is 3. The number of fused-ring (bicyclic) bond motifs is 1. The first kappa shape index (κ1) is 24.6. The van der Waals surface area contributed by atoms with Gasteiger partial charge in [-0.25, -0.2) is 9.69 Å². The number of urea groups is 1. The van der Waals surface area contributed by atoms with E-state index in [9.17, 15) is 14.4 Å². The minimum atomic E-state index is -0.807. The summed E-state index contributed by atoms with van der Waals surface area (Å²) >= 11 is 0. The van der Waals surface area contributed by atoms with E-state index in [0.717, 1.165) is 15.8 Å². The van der Waals surface area contributed by atoms with E-state index in [1.54, 1.807) is 31.4 Å².